The maximum atomic E-state index is 12.2. The third kappa shape index (κ3) is 2.59. The molecule has 8 heteroatoms. The van der Waals surface area contributed by atoms with E-state index >= 15 is 0 Å². The fourth-order valence-electron chi connectivity index (χ4n) is 1.92. The van der Waals surface area contributed by atoms with Gasteiger partial charge in [0.15, 0.2) is 0 Å². The molecule has 0 bridgehead atoms. The molecule has 0 saturated carbocycles. The van der Waals surface area contributed by atoms with Crippen molar-refractivity contribution in [3.63, 3.8) is 0 Å². The zero-order valence-electron chi connectivity index (χ0n) is 10.8. The number of fused-ring (bicyclic) bond motifs is 1. The maximum absolute atomic E-state index is 12.2. The highest BCUT2D eigenvalue weighted by atomic mass is 16.6. The van der Waals surface area contributed by atoms with Crippen molar-refractivity contribution in [1.29, 1.82) is 0 Å². The molecule has 20 heavy (non-hydrogen) atoms. The molecule has 0 saturated heterocycles. The summed E-state index contributed by atoms with van der Waals surface area (Å²) in [6, 6.07) is 3.77. The van der Waals surface area contributed by atoms with Crippen molar-refractivity contribution in [3.05, 3.63) is 49.2 Å². The van der Waals surface area contributed by atoms with Crippen molar-refractivity contribution in [1.82, 2.24) is 9.55 Å². The van der Waals surface area contributed by atoms with Crippen LogP contribution in [0.15, 0.2) is 27.8 Å². The van der Waals surface area contributed by atoms with Gasteiger partial charge in [-0.1, -0.05) is 0 Å². The van der Waals surface area contributed by atoms with Crippen LogP contribution in [0, 0.1) is 10.1 Å². The summed E-state index contributed by atoms with van der Waals surface area (Å²) in [5, 5.41) is 10.8. The van der Waals surface area contributed by atoms with Crippen molar-refractivity contribution in [2.45, 2.75) is 13.0 Å². The van der Waals surface area contributed by atoms with E-state index in [1.807, 2.05) is 0 Å². The number of aromatic nitrogens is 2. The van der Waals surface area contributed by atoms with E-state index in [1.165, 1.54) is 25.3 Å². The number of rotatable bonds is 5. The third-order valence-corrected chi connectivity index (χ3v) is 2.91. The molecule has 2 aromatic rings. The molecule has 0 spiro atoms. The van der Waals surface area contributed by atoms with Crippen LogP contribution in [0.3, 0.4) is 0 Å². The van der Waals surface area contributed by atoms with E-state index in [0.29, 0.717) is 13.0 Å². The lowest BCUT2D eigenvalue weighted by Gasteiger charge is -2.05. The zero-order valence-corrected chi connectivity index (χ0v) is 10.8. The van der Waals surface area contributed by atoms with Crippen molar-refractivity contribution >= 4 is 16.6 Å². The molecule has 0 radical (unpaired) electrons. The van der Waals surface area contributed by atoms with Crippen LogP contribution < -0.4 is 11.2 Å². The molecule has 1 aromatic heterocycles. The molecular weight excluding hydrogens is 266 g/mol. The topological polar surface area (TPSA) is 107 Å². The Bertz CT molecular complexity index is 762. The molecule has 0 aliphatic rings. The van der Waals surface area contributed by atoms with E-state index in [9.17, 15) is 19.7 Å². The van der Waals surface area contributed by atoms with Gasteiger partial charge in [0.2, 0.25) is 0 Å². The summed E-state index contributed by atoms with van der Waals surface area (Å²) < 4.78 is 5.88. The molecule has 8 nitrogen and oxygen atoms in total. The molecule has 1 aromatic carbocycles. The smallest absolute Gasteiger partial charge is 0.328 e. The van der Waals surface area contributed by atoms with Crippen molar-refractivity contribution in [2.75, 3.05) is 13.7 Å². The number of methoxy groups -OCH3 is 1. The molecule has 0 fully saturated rings. The summed E-state index contributed by atoms with van der Waals surface area (Å²) >= 11 is 0. The van der Waals surface area contributed by atoms with Crippen LogP contribution in [0.4, 0.5) is 5.69 Å². The number of H-pyrrole nitrogens is 1. The first-order chi connectivity index (χ1) is 9.54. The van der Waals surface area contributed by atoms with E-state index in [2.05, 4.69) is 4.98 Å². The highest BCUT2D eigenvalue weighted by molar-refractivity contribution is 5.79. The van der Waals surface area contributed by atoms with Crippen LogP contribution in [0.2, 0.25) is 0 Å². The van der Waals surface area contributed by atoms with Crippen LogP contribution in [0.1, 0.15) is 6.42 Å². The van der Waals surface area contributed by atoms with E-state index in [0.717, 1.165) is 4.57 Å². The normalized spacial score (nSPS) is 10.8. The standard InChI is InChI=1S/C12H13N3O5/c1-20-6-2-5-14-11(16)9-7-8(15(18)19)3-4-10(9)13-12(14)17/h3-4,7H,2,5-6H2,1H3,(H,13,17). The highest BCUT2D eigenvalue weighted by Gasteiger charge is 2.12. The van der Waals surface area contributed by atoms with Gasteiger partial charge in [-0.05, 0) is 12.5 Å². The number of non-ortho nitro benzene ring substituents is 1. The minimum atomic E-state index is -0.584. The SMILES string of the molecule is COCCCn1c(=O)[nH]c2ccc([N+](=O)[O-])cc2c1=O. The number of nitrogens with one attached hydrogen (secondary N) is 1. The number of nitro benzene ring substituents is 1. The predicted octanol–water partition coefficient (Wildman–Crippen LogP) is 0.634. The fraction of sp³-hybridized carbons (Fsp3) is 0.333. The first kappa shape index (κ1) is 13.9. The average Bonchev–Trinajstić information content (AvgIpc) is 2.42. The van der Waals surface area contributed by atoms with Crippen LogP contribution >= 0.6 is 0 Å². The average molecular weight is 279 g/mol. The van der Waals surface area contributed by atoms with Gasteiger partial charge in [-0.3, -0.25) is 19.5 Å². The number of benzene rings is 1. The van der Waals surface area contributed by atoms with Gasteiger partial charge < -0.3 is 9.72 Å². The lowest BCUT2D eigenvalue weighted by atomic mass is 10.2. The third-order valence-electron chi connectivity index (χ3n) is 2.91. The van der Waals surface area contributed by atoms with E-state index in [1.54, 1.807) is 0 Å². The van der Waals surface area contributed by atoms with Gasteiger partial charge >= 0.3 is 5.69 Å². The summed E-state index contributed by atoms with van der Waals surface area (Å²) in [6.45, 7) is 0.611. The minimum Gasteiger partial charge on any atom is -0.385 e. The van der Waals surface area contributed by atoms with Gasteiger partial charge in [0.25, 0.3) is 11.2 Å². The molecule has 0 unspecified atom stereocenters. The molecule has 0 aliphatic carbocycles. The Morgan fingerprint density at radius 2 is 2.15 bits per heavy atom. The van der Waals surface area contributed by atoms with Gasteiger partial charge in [0.05, 0.1) is 15.8 Å². The Morgan fingerprint density at radius 3 is 2.80 bits per heavy atom. The van der Waals surface area contributed by atoms with Gasteiger partial charge in [0, 0.05) is 32.4 Å². The van der Waals surface area contributed by atoms with Crippen LogP contribution in [-0.4, -0.2) is 28.2 Å². The molecule has 0 aliphatic heterocycles. The molecule has 1 N–H and O–H groups in total. The summed E-state index contributed by atoms with van der Waals surface area (Å²) in [4.78, 5) is 36.7. The monoisotopic (exact) mass is 279 g/mol. The fourth-order valence-corrected chi connectivity index (χ4v) is 1.92. The number of ether oxygens (including phenoxy) is 1. The second-order valence-electron chi connectivity index (χ2n) is 4.22. The Balaban J connectivity index is 2.57. The Labute approximate surface area is 112 Å². The Morgan fingerprint density at radius 1 is 1.40 bits per heavy atom. The molecule has 2 rings (SSSR count). The zero-order chi connectivity index (χ0) is 14.7. The lowest BCUT2D eigenvalue weighted by Crippen LogP contribution is -2.35. The summed E-state index contributed by atoms with van der Waals surface area (Å²) in [5.74, 6) is 0. The quantitative estimate of drug-likeness (QED) is 0.491. The summed E-state index contributed by atoms with van der Waals surface area (Å²) in [6.07, 6.45) is 0.500. The largest absolute Gasteiger partial charge is 0.385 e. The van der Waals surface area contributed by atoms with Crippen molar-refractivity contribution < 1.29 is 9.66 Å². The van der Waals surface area contributed by atoms with Crippen LogP contribution in [0.25, 0.3) is 10.9 Å². The van der Waals surface area contributed by atoms with Gasteiger partial charge in [-0.15, -0.1) is 0 Å². The molecule has 0 amide bonds. The predicted molar refractivity (Wildman–Crippen MR) is 72.0 cm³/mol. The first-order valence-corrected chi connectivity index (χ1v) is 5.95. The second kappa shape index (κ2) is 5.66. The van der Waals surface area contributed by atoms with Gasteiger partial charge in [-0.25, -0.2) is 4.79 Å². The highest BCUT2D eigenvalue weighted by Crippen LogP contribution is 2.15. The van der Waals surface area contributed by atoms with Crippen molar-refractivity contribution in [3.8, 4) is 0 Å². The summed E-state index contributed by atoms with van der Waals surface area (Å²) in [5.41, 5.74) is -0.977. The first-order valence-electron chi connectivity index (χ1n) is 5.95. The Kier molecular flexibility index (Phi) is 3.94. The molecular formula is C12H13N3O5. The second-order valence-corrected chi connectivity index (χ2v) is 4.22. The van der Waals surface area contributed by atoms with Crippen LogP contribution in [0.5, 0.6) is 0 Å². The molecule has 106 valence electrons. The lowest BCUT2D eigenvalue weighted by molar-refractivity contribution is -0.384. The van der Waals surface area contributed by atoms with Crippen LogP contribution in [-0.2, 0) is 11.3 Å². The number of aromatic amines is 1. The number of hydrogen-bond donors (Lipinski definition) is 1. The Hall–Kier alpha value is -2.48. The number of nitrogens with zero attached hydrogens (tertiary/aromatic N) is 2. The number of hydrogen-bond acceptors (Lipinski definition) is 5. The minimum absolute atomic E-state index is 0.121. The number of nitro groups is 1. The van der Waals surface area contributed by atoms with Crippen molar-refractivity contribution in [2.24, 2.45) is 0 Å². The summed E-state index contributed by atoms with van der Waals surface area (Å²) in [7, 11) is 1.52. The van der Waals surface area contributed by atoms with Gasteiger partial charge in [-0.2, -0.15) is 0 Å². The maximum Gasteiger partial charge on any atom is 0.328 e. The van der Waals surface area contributed by atoms with E-state index in [4.69, 9.17) is 4.74 Å². The van der Waals surface area contributed by atoms with E-state index < -0.39 is 16.2 Å². The molecule has 1 heterocycles. The van der Waals surface area contributed by atoms with E-state index in [-0.39, 0.29) is 23.1 Å². The molecule has 0 atom stereocenters. The van der Waals surface area contributed by atoms with Gasteiger partial charge in [0.1, 0.15) is 0 Å².